The number of halogens is 3. The highest BCUT2D eigenvalue weighted by molar-refractivity contribution is 5.93. The van der Waals surface area contributed by atoms with E-state index in [-0.39, 0.29) is 33.8 Å². The molecular formula is C29H31F3N7O4+. The van der Waals surface area contributed by atoms with Crippen molar-refractivity contribution in [3.63, 3.8) is 0 Å². The molecule has 0 radical (unpaired) electrons. The molecule has 0 spiro atoms. The average Bonchev–Trinajstić information content (AvgIpc) is 3.31. The summed E-state index contributed by atoms with van der Waals surface area (Å²) in [6.45, 7) is 5.14. The van der Waals surface area contributed by atoms with E-state index in [4.69, 9.17) is 10.5 Å². The molecule has 0 unspecified atom stereocenters. The van der Waals surface area contributed by atoms with Gasteiger partial charge >= 0.3 is 23.9 Å². The fourth-order valence-electron chi connectivity index (χ4n) is 5.14. The Hall–Kier alpha value is -4.90. The Bertz CT molecular complexity index is 1750. The minimum Gasteiger partial charge on any atom is -0.466 e. The number of nitriles is 1. The number of fused-ring (bicyclic) bond motifs is 1. The van der Waals surface area contributed by atoms with Crippen molar-refractivity contribution < 1.29 is 32.0 Å². The predicted molar refractivity (Wildman–Crippen MR) is 150 cm³/mol. The number of hydrogen-bond donors (Lipinski definition) is 2. The summed E-state index contributed by atoms with van der Waals surface area (Å²) >= 11 is 0. The molecule has 0 aliphatic carbocycles. The van der Waals surface area contributed by atoms with E-state index < -0.39 is 41.0 Å². The number of esters is 1. The molecule has 0 saturated heterocycles. The first-order valence-corrected chi connectivity index (χ1v) is 13.1. The Kier molecular flexibility index (Phi) is 7.75. The fourth-order valence-corrected chi connectivity index (χ4v) is 5.14. The number of ether oxygens (including phenoxy) is 1. The molecule has 1 aromatic heterocycles. The number of nitrogens with one attached hydrogen (secondary N) is 1. The Morgan fingerprint density at radius 1 is 1.19 bits per heavy atom. The van der Waals surface area contributed by atoms with Crippen molar-refractivity contribution in [3.8, 4) is 6.07 Å². The third kappa shape index (κ3) is 5.27. The Labute approximate surface area is 245 Å². The highest BCUT2D eigenvalue weighted by atomic mass is 19.4. The van der Waals surface area contributed by atoms with Gasteiger partial charge < -0.3 is 10.5 Å². The summed E-state index contributed by atoms with van der Waals surface area (Å²) in [7, 11) is 4.44. The van der Waals surface area contributed by atoms with Crippen LogP contribution in [0.5, 0.6) is 0 Å². The fraction of sp³-hybridized carbons (Fsp3) is 0.345. The molecular weight excluding hydrogens is 567 g/mol. The number of likely N-dealkylation sites (N-methyl/N-ethyl adjacent to an activating group) is 1. The number of rotatable bonds is 6. The van der Waals surface area contributed by atoms with Gasteiger partial charge in [0, 0.05) is 17.8 Å². The number of hydrogen-bond acceptors (Lipinski definition) is 7. The lowest BCUT2D eigenvalue weighted by atomic mass is 9.83. The molecule has 4 rings (SSSR count). The summed E-state index contributed by atoms with van der Waals surface area (Å²) in [6, 6.07) is 9.46. The van der Waals surface area contributed by atoms with Crippen LogP contribution in [0, 0.1) is 11.3 Å². The van der Waals surface area contributed by atoms with Gasteiger partial charge in [0.05, 0.1) is 44.0 Å². The van der Waals surface area contributed by atoms with E-state index in [2.05, 4.69) is 16.3 Å². The molecule has 43 heavy (non-hydrogen) atoms. The molecule has 1 aliphatic rings. The van der Waals surface area contributed by atoms with Crippen molar-refractivity contribution in [2.24, 2.45) is 5.73 Å². The third-order valence-electron chi connectivity index (χ3n) is 8.23. The molecule has 0 bridgehead atoms. The second kappa shape index (κ2) is 10.7. The van der Waals surface area contributed by atoms with E-state index in [1.54, 1.807) is 26.2 Å². The summed E-state index contributed by atoms with van der Waals surface area (Å²) < 4.78 is 46.9. The number of nitrogens with zero attached hydrogens (tertiary/aromatic N) is 5. The number of amides is 2. The van der Waals surface area contributed by atoms with Gasteiger partial charge in [0.15, 0.2) is 0 Å². The van der Waals surface area contributed by atoms with Crippen molar-refractivity contribution in [2.75, 3.05) is 26.1 Å². The van der Waals surface area contributed by atoms with Crippen molar-refractivity contribution in [1.29, 1.82) is 5.26 Å². The molecule has 1 atom stereocenters. The molecule has 2 heterocycles. The van der Waals surface area contributed by atoms with Crippen LogP contribution in [0.15, 0.2) is 58.5 Å². The van der Waals surface area contributed by atoms with Crippen LogP contribution in [0.1, 0.15) is 49.1 Å². The number of primary amides is 1. The summed E-state index contributed by atoms with van der Waals surface area (Å²) in [5, 5.41) is 16.1. The average molecular weight is 599 g/mol. The van der Waals surface area contributed by atoms with Crippen LogP contribution in [0.3, 0.4) is 0 Å². The number of urea groups is 1. The van der Waals surface area contributed by atoms with Gasteiger partial charge in [-0.1, -0.05) is 12.1 Å². The van der Waals surface area contributed by atoms with Gasteiger partial charge in [0.25, 0.3) is 0 Å². The van der Waals surface area contributed by atoms with Crippen LogP contribution in [0.25, 0.3) is 0 Å². The van der Waals surface area contributed by atoms with Crippen LogP contribution in [0.4, 0.5) is 29.6 Å². The van der Waals surface area contributed by atoms with Gasteiger partial charge in [-0.2, -0.15) is 18.4 Å². The van der Waals surface area contributed by atoms with Gasteiger partial charge in [0.2, 0.25) is 5.95 Å². The molecule has 226 valence electrons. The predicted octanol–water partition coefficient (Wildman–Crippen LogP) is 4.13. The number of aromatic amines is 1. The Morgan fingerprint density at radius 3 is 2.44 bits per heavy atom. The number of methoxy groups -OCH3 is 1. The van der Waals surface area contributed by atoms with E-state index >= 15 is 0 Å². The molecule has 3 aromatic rings. The number of carbonyl (C=O) groups excluding carboxylic acids is 2. The third-order valence-corrected chi connectivity index (χ3v) is 8.23. The normalized spacial score (nSPS) is 15.6. The maximum atomic E-state index is 13.6. The lowest BCUT2D eigenvalue weighted by molar-refractivity contribution is -0.860. The first-order chi connectivity index (χ1) is 20.0. The number of aromatic nitrogens is 3. The van der Waals surface area contributed by atoms with Crippen LogP contribution in [-0.4, -0.2) is 58.0 Å². The summed E-state index contributed by atoms with van der Waals surface area (Å²) in [4.78, 5) is 40.4. The lowest BCUT2D eigenvalue weighted by Gasteiger charge is -2.41. The number of allylic oxidation sites excluding steroid dienone is 1. The maximum absolute atomic E-state index is 13.6. The Balaban J connectivity index is 2.03. The zero-order chi connectivity index (χ0) is 32.1. The molecule has 3 N–H and O–H groups in total. The van der Waals surface area contributed by atoms with Gasteiger partial charge in [-0.15, -0.1) is 5.10 Å². The number of H-pyrrole nitrogens is 1. The molecule has 2 aromatic carbocycles. The number of carbonyl (C=O) groups is 2. The van der Waals surface area contributed by atoms with Crippen LogP contribution < -0.4 is 16.3 Å². The molecule has 14 heteroatoms. The number of benzene rings is 2. The van der Waals surface area contributed by atoms with Crippen molar-refractivity contribution in [3.05, 3.63) is 86.5 Å². The highest BCUT2D eigenvalue weighted by Crippen LogP contribution is 2.44. The molecule has 2 amide bonds. The van der Waals surface area contributed by atoms with Crippen LogP contribution in [0.2, 0.25) is 0 Å². The zero-order valence-electron chi connectivity index (χ0n) is 24.4. The number of nitrogens with two attached hydrogens (primary N) is 1. The quantitative estimate of drug-likeness (QED) is 0.320. The SMILES string of the molecule is COC(=O)C1=C(C)N(c2cccc(C(F)(F)F)c2)c2n[nH]c(=O)n2[C@@H]1c1ccc(C#N)cc1CC(C)(C)[N+](C)(C)C(N)=O. The maximum Gasteiger partial charge on any atom is 0.416 e. The van der Waals surface area contributed by atoms with E-state index in [9.17, 15) is 32.8 Å². The minimum atomic E-state index is -4.65. The van der Waals surface area contributed by atoms with Crippen molar-refractivity contribution >= 4 is 23.6 Å². The minimum absolute atomic E-state index is 0.00845. The van der Waals surface area contributed by atoms with Gasteiger partial charge in [-0.3, -0.25) is 4.90 Å². The number of quaternary nitrogens is 1. The second-order valence-corrected chi connectivity index (χ2v) is 11.3. The summed E-state index contributed by atoms with van der Waals surface area (Å²) in [5.41, 5.74) is 4.58. The summed E-state index contributed by atoms with van der Waals surface area (Å²) in [6.07, 6.45) is -4.47. The summed E-state index contributed by atoms with van der Waals surface area (Å²) in [5.74, 6) is -0.900. The monoisotopic (exact) mass is 598 g/mol. The Morgan fingerprint density at radius 2 is 1.86 bits per heavy atom. The van der Waals surface area contributed by atoms with E-state index in [1.165, 1.54) is 30.0 Å². The van der Waals surface area contributed by atoms with Gasteiger partial charge in [0.1, 0.15) is 11.6 Å². The first-order valence-electron chi connectivity index (χ1n) is 13.1. The number of alkyl halides is 3. The smallest absolute Gasteiger partial charge is 0.416 e. The number of anilines is 2. The molecule has 11 nitrogen and oxygen atoms in total. The van der Waals surface area contributed by atoms with Crippen LogP contribution >= 0.6 is 0 Å². The van der Waals surface area contributed by atoms with Crippen molar-refractivity contribution in [1.82, 2.24) is 14.8 Å². The van der Waals surface area contributed by atoms with Crippen molar-refractivity contribution in [2.45, 2.75) is 44.9 Å². The topological polar surface area (TPSA) is 147 Å². The van der Waals surface area contributed by atoms with E-state index in [0.717, 1.165) is 23.8 Å². The van der Waals surface area contributed by atoms with E-state index in [1.807, 2.05) is 13.8 Å². The van der Waals surface area contributed by atoms with Crippen LogP contribution in [-0.2, 0) is 22.1 Å². The molecule has 0 fully saturated rings. The second-order valence-electron chi connectivity index (χ2n) is 11.3. The highest BCUT2D eigenvalue weighted by Gasteiger charge is 2.45. The zero-order valence-corrected chi connectivity index (χ0v) is 24.4. The molecule has 1 aliphatic heterocycles. The standard InChI is InChI=1S/C29H30F3N7O4/c1-16-22(24(40)43-6)23(21-11-10-17(15-33)12-18(21)14-28(2,3)39(4,5)25(34)41)38-26(35-36-27(38)42)37(16)20-9-7-8-19(13-20)29(30,31)32/h7-13,23H,14H2,1-6H3,(H2-,34,36,41,42)/p+1/t23-/m1/s1. The van der Waals surface area contributed by atoms with Gasteiger partial charge in [-0.05, 0) is 62.2 Å². The first kappa shape index (κ1) is 31.0. The lowest BCUT2D eigenvalue weighted by Crippen LogP contribution is -2.62. The van der Waals surface area contributed by atoms with Gasteiger partial charge in [-0.25, -0.2) is 28.5 Å². The molecule has 0 saturated carbocycles. The van der Waals surface area contributed by atoms with E-state index in [0.29, 0.717) is 16.7 Å². The largest absolute Gasteiger partial charge is 0.466 e.